The van der Waals surface area contributed by atoms with E-state index in [1.54, 1.807) is 0 Å². The molecule has 0 amide bonds. The Hall–Kier alpha value is -0.610. The summed E-state index contributed by atoms with van der Waals surface area (Å²) in [6, 6.07) is 0. The van der Waals surface area contributed by atoms with E-state index in [1.807, 2.05) is 13.8 Å². The molecule has 0 rings (SSSR count). The molecule has 0 aliphatic carbocycles. The van der Waals surface area contributed by atoms with Crippen LogP contribution in [0.2, 0.25) is 0 Å². The van der Waals surface area contributed by atoms with Gasteiger partial charge in [0.25, 0.3) is 0 Å². The van der Waals surface area contributed by atoms with Crippen molar-refractivity contribution >= 4 is 5.97 Å². The Kier molecular flexibility index (Phi) is 9.52. The summed E-state index contributed by atoms with van der Waals surface area (Å²) < 4.78 is 10.3. The van der Waals surface area contributed by atoms with Gasteiger partial charge in [-0.3, -0.25) is 4.79 Å². The van der Waals surface area contributed by atoms with Crippen LogP contribution in [0.15, 0.2) is 0 Å². The van der Waals surface area contributed by atoms with Gasteiger partial charge in [0, 0.05) is 13.2 Å². The third-order valence-corrected chi connectivity index (χ3v) is 1.70. The van der Waals surface area contributed by atoms with Gasteiger partial charge in [-0.15, -0.1) is 0 Å². The minimum atomic E-state index is -0.210. The molecule has 0 aromatic heterocycles. The Morgan fingerprint density at radius 2 is 2.07 bits per heavy atom. The number of ether oxygens (including phenoxy) is 2. The fourth-order valence-electron chi connectivity index (χ4n) is 0.988. The van der Waals surface area contributed by atoms with Crippen LogP contribution in [0.3, 0.4) is 0 Å². The Morgan fingerprint density at radius 1 is 1.33 bits per heavy atom. The number of rotatable bonds is 9. The number of unbranched alkanes of at least 4 members (excludes halogenated alkanes) is 1. The molecule has 0 radical (unpaired) electrons. The topological polar surface area (TPSA) is 47.6 Å². The van der Waals surface area contributed by atoms with Gasteiger partial charge in [0.15, 0.2) is 0 Å². The maximum Gasteiger partial charge on any atom is 0.320 e. The number of carbonyl (C=O) groups excluding carboxylic acids is 1. The normalized spacial score (nSPS) is 10.7. The zero-order valence-corrected chi connectivity index (χ0v) is 10.0. The fraction of sp³-hybridized carbons (Fsp3) is 0.909. The number of nitrogens with one attached hydrogen (secondary N) is 1. The average Bonchev–Trinajstić information content (AvgIpc) is 2.15. The Balaban J connectivity index is 3.13. The highest BCUT2D eigenvalue weighted by atomic mass is 16.5. The first kappa shape index (κ1) is 14.4. The van der Waals surface area contributed by atoms with Crippen LogP contribution in [0.5, 0.6) is 0 Å². The van der Waals surface area contributed by atoms with Crippen molar-refractivity contribution in [2.75, 3.05) is 26.3 Å². The van der Waals surface area contributed by atoms with Crippen molar-refractivity contribution in [3.8, 4) is 0 Å². The zero-order chi connectivity index (χ0) is 11.5. The molecule has 0 atom stereocenters. The summed E-state index contributed by atoms with van der Waals surface area (Å²) >= 11 is 0. The molecule has 0 saturated carbocycles. The number of carbonyl (C=O) groups is 1. The molecular weight excluding hydrogens is 194 g/mol. The number of esters is 1. The van der Waals surface area contributed by atoms with E-state index in [1.165, 1.54) is 0 Å². The number of hydrogen-bond acceptors (Lipinski definition) is 4. The molecule has 0 aliphatic rings. The van der Waals surface area contributed by atoms with E-state index in [0.717, 1.165) is 19.4 Å². The SMILES string of the molecule is CCCCOCCNCC(=O)OC(C)C. The molecule has 0 heterocycles. The van der Waals surface area contributed by atoms with Crippen LogP contribution in [0, 0.1) is 0 Å². The molecule has 15 heavy (non-hydrogen) atoms. The van der Waals surface area contributed by atoms with Crippen molar-refractivity contribution in [1.82, 2.24) is 5.32 Å². The molecule has 1 N–H and O–H groups in total. The maximum atomic E-state index is 11.1. The smallest absolute Gasteiger partial charge is 0.320 e. The monoisotopic (exact) mass is 217 g/mol. The van der Waals surface area contributed by atoms with Crippen molar-refractivity contribution in [1.29, 1.82) is 0 Å². The van der Waals surface area contributed by atoms with E-state index < -0.39 is 0 Å². The van der Waals surface area contributed by atoms with Crippen LogP contribution in [0.4, 0.5) is 0 Å². The first-order chi connectivity index (χ1) is 7.16. The molecule has 0 saturated heterocycles. The van der Waals surface area contributed by atoms with E-state index in [4.69, 9.17) is 9.47 Å². The molecule has 0 aromatic carbocycles. The van der Waals surface area contributed by atoms with Crippen LogP contribution >= 0.6 is 0 Å². The second-order valence-corrected chi connectivity index (χ2v) is 3.68. The highest BCUT2D eigenvalue weighted by Crippen LogP contribution is 1.88. The lowest BCUT2D eigenvalue weighted by Gasteiger charge is -2.08. The quantitative estimate of drug-likeness (QED) is 0.468. The van der Waals surface area contributed by atoms with Gasteiger partial charge in [0.1, 0.15) is 0 Å². The van der Waals surface area contributed by atoms with E-state index in [2.05, 4.69) is 12.2 Å². The van der Waals surface area contributed by atoms with E-state index in [9.17, 15) is 4.79 Å². The van der Waals surface area contributed by atoms with Crippen LogP contribution < -0.4 is 5.32 Å². The predicted molar refractivity (Wildman–Crippen MR) is 59.8 cm³/mol. The second-order valence-electron chi connectivity index (χ2n) is 3.68. The van der Waals surface area contributed by atoms with Crippen LogP contribution in [-0.4, -0.2) is 38.4 Å². The second kappa shape index (κ2) is 9.93. The summed E-state index contributed by atoms with van der Waals surface area (Å²) in [7, 11) is 0. The van der Waals surface area contributed by atoms with Crippen molar-refractivity contribution in [3.05, 3.63) is 0 Å². The number of hydrogen-bond donors (Lipinski definition) is 1. The standard InChI is InChI=1S/C11H23NO3/c1-4-5-7-14-8-6-12-9-11(13)15-10(2)3/h10,12H,4-9H2,1-3H3. The van der Waals surface area contributed by atoms with E-state index in [0.29, 0.717) is 13.2 Å². The minimum Gasteiger partial charge on any atom is -0.462 e. The average molecular weight is 217 g/mol. The minimum absolute atomic E-state index is 0.0416. The van der Waals surface area contributed by atoms with Gasteiger partial charge >= 0.3 is 5.97 Å². The Labute approximate surface area is 92.3 Å². The van der Waals surface area contributed by atoms with Gasteiger partial charge in [0.05, 0.1) is 19.3 Å². The largest absolute Gasteiger partial charge is 0.462 e. The Morgan fingerprint density at radius 3 is 2.67 bits per heavy atom. The van der Waals surface area contributed by atoms with Gasteiger partial charge in [0.2, 0.25) is 0 Å². The lowest BCUT2D eigenvalue weighted by Crippen LogP contribution is -2.29. The zero-order valence-electron chi connectivity index (χ0n) is 10.0. The molecule has 4 heteroatoms. The summed E-state index contributed by atoms with van der Waals surface area (Å²) in [6.07, 6.45) is 2.20. The molecule has 0 bridgehead atoms. The predicted octanol–water partition coefficient (Wildman–Crippen LogP) is 1.34. The van der Waals surface area contributed by atoms with Gasteiger partial charge in [-0.25, -0.2) is 0 Å². The van der Waals surface area contributed by atoms with Crippen molar-refractivity contribution in [3.63, 3.8) is 0 Å². The lowest BCUT2D eigenvalue weighted by molar-refractivity contribution is -0.146. The lowest BCUT2D eigenvalue weighted by atomic mass is 10.4. The summed E-state index contributed by atoms with van der Waals surface area (Å²) in [5, 5.41) is 2.97. The third-order valence-electron chi connectivity index (χ3n) is 1.70. The molecular formula is C11H23NO3. The van der Waals surface area contributed by atoms with Crippen molar-refractivity contribution < 1.29 is 14.3 Å². The van der Waals surface area contributed by atoms with Crippen molar-refractivity contribution in [2.24, 2.45) is 0 Å². The summed E-state index contributed by atoms with van der Waals surface area (Å²) in [4.78, 5) is 11.1. The molecule has 0 spiro atoms. The fourth-order valence-corrected chi connectivity index (χ4v) is 0.988. The molecule has 0 aromatic rings. The van der Waals surface area contributed by atoms with Crippen LogP contribution in [0.25, 0.3) is 0 Å². The summed E-state index contributed by atoms with van der Waals surface area (Å²) in [6.45, 7) is 8.21. The van der Waals surface area contributed by atoms with Crippen molar-refractivity contribution in [2.45, 2.75) is 39.7 Å². The molecule has 0 fully saturated rings. The summed E-state index contributed by atoms with van der Waals surface area (Å²) in [5.41, 5.74) is 0. The Bertz CT molecular complexity index is 160. The molecule has 0 unspecified atom stereocenters. The summed E-state index contributed by atoms with van der Waals surface area (Å²) in [5.74, 6) is -0.210. The molecule has 90 valence electrons. The first-order valence-corrected chi connectivity index (χ1v) is 5.64. The van der Waals surface area contributed by atoms with Gasteiger partial charge < -0.3 is 14.8 Å². The highest BCUT2D eigenvalue weighted by molar-refractivity contribution is 5.71. The first-order valence-electron chi connectivity index (χ1n) is 5.64. The van der Waals surface area contributed by atoms with Gasteiger partial charge in [-0.05, 0) is 20.3 Å². The van der Waals surface area contributed by atoms with Crippen LogP contribution in [0.1, 0.15) is 33.6 Å². The van der Waals surface area contributed by atoms with Gasteiger partial charge in [-0.1, -0.05) is 13.3 Å². The van der Waals surface area contributed by atoms with Crippen LogP contribution in [-0.2, 0) is 14.3 Å². The maximum absolute atomic E-state index is 11.1. The van der Waals surface area contributed by atoms with E-state index >= 15 is 0 Å². The molecule has 4 nitrogen and oxygen atoms in total. The van der Waals surface area contributed by atoms with E-state index in [-0.39, 0.29) is 18.6 Å². The van der Waals surface area contributed by atoms with Gasteiger partial charge in [-0.2, -0.15) is 0 Å². The molecule has 0 aliphatic heterocycles. The third kappa shape index (κ3) is 11.3. The highest BCUT2D eigenvalue weighted by Gasteiger charge is 2.03.